The van der Waals surface area contributed by atoms with Gasteiger partial charge >= 0.3 is 5.97 Å². The van der Waals surface area contributed by atoms with Gasteiger partial charge in [0.05, 0.1) is 17.7 Å². The van der Waals surface area contributed by atoms with Crippen molar-refractivity contribution in [1.82, 2.24) is 4.90 Å². The maximum atomic E-state index is 12.7. The van der Waals surface area contributed by atoms with E-state index in [0.29, 0.717) is 10.8 Å². The smallest absolute Gasteiger partial charge is 0.323 e. The van der Waals surface area contributed by atoms with E-state index in [4.69, 9.17) is 21.4 Å². The molecule has 0 spiro atoms. The number of hydrogen-bond acceptors (Lipinski definition) is 3. The second-order valence-electron chi connectivity index (χ2n) is 5.42. The number of carboxylic acids is 1. The first-order valence-electron chi connectivity index (χ1n) is 6.14. The van der Waals surface area contributed by atoms with Gasteiger partial charge < -0.3 is 14.7 Å². The molecule has 5 nitrogen and oxygen atoms in total. The molecule has 0 aliphatic carbocycles. The van der Waals surface area contributed by atoms with E-state index in [1.807, 2.05) is 22.6 Å². The highest BCUT2D eigenvalue weighted by molar-refractivity contribution is 14.1. The Hall–Kier alpha value is -1.02. The minimum Gasteiger partial charge on any atom is -0.496 e. The normalized spacial score (nSPS) is 11.1. The van der Waals surface area contributed by atoms with Crippen LogP contribution in [0.5, 0.6) is 5.75 Å². The lowest BCUT2D eigenvalue weighted by Gasteiger charge is -2.34. The number of methoxy groups -OCH3 is 1. The van der Waals surface area contributed by atoms with Crippen molar-refractivity contribution in [3.8, 4) is 5.75 Å². The van der Waals surface area contributed by atoms with Crippen LogP contribution in [0.1, 0.15) is 31.1 Å². The molecule has 0 fully saturated rings. The van der Waals surface area contributed by atoms with Gasteiger partial charge in [0.1, 0.15) is 12.3 Å². The molecule has 0 aliphatic rings. The molecule has 116 valence electrons. The second-order valence-corrected chi connectivity index (χ2v) is 6.99. The van der Waals surface area contributed by atoms with Crippen LogP contribution < -0.4 is 4.74 Å². The Morgan fingerprint density at radius 3 is 2.38 bits per heavy atom. The lowest BCUT2D eigenvalue weighted by Crippen LogP contribution is -2.48. The summed E-state index contributed by atoms with van der Waals surface area (Å²) in [4.78, 5) is 25.0. The fraction of sp³-hybridized carbons (Fsp3) is 0.429. The number of carbonyl (C=O) groups is 2. The molecule has 21 heavy (non-hydrogen) atoms. The van der Waals surface area contributed by atoms with Gasteiger partial charge in [0.25, 0.3) is 5.91 Å². The Morgan fingerprint density at radius 1 is 1.38 bits per heavy atom. The number of halogens is 2. The quantitative estimate of drug-likeness (QED) is 0.752. The number of rotatable bonds is 4. The number of ether oxygens (including phenoxy) is 1. The van der Waals surface area contributed by atoms with Crippen LogP contribution in [0.3, 0.4) is 0 Å². The van der Waals surface area contributed by atoms with E-state index in [-0.39, 0.29) is 5.56 Å². The average molecular weight is 426 g/mol. The van der Waals surface area contributed by atoms with E-state index < -0.39 is 24.0 Å². The highest BCUT2D eigenvalue weighted by atomic mass is 127. The Kier molecular flexibility index (Phi) is 5.86. The van der Waals surface area contributed by atoms with Gasteiger partial charge in [0, 0.05) is 9.11 Å². The zero-order valence-electron chi connectivity index (χ0n) is 12.2. The number of nitrogens with zero attached hydrogens (tertiary/aromatic N) is 1. The highest BCUT2D eigenvalue weighted by Gasteiger charge is 2.31. The Labute approximate surface area is 142 Å². The molecule has 1 N–H and O–H groups in total. The van der Waals surface area contributed by atoms with Crippen molar-refractivity contribution in [1.29, 1.82) is 0 Å². The van der Waals surface area contributed by atoms with Gasteiger partial charge in [-0.2, -0.15) is 0 Å². The second kappa shape index (κ2) is 6.83. The SMILES string of the molecule is COc1cc(I)c(Cl)cc1C(=O)N(CC(=O)O)C(C)(C)C. The summed E-state index contributed by atoms with van der Waals surface area (Å²) < 4.78 is 5.96. The number of amides is 1. The monoisotopic (exact) mass is 425 g/mol. The fourth-order valence-electron chi connectivity index (χ4n) is 1.76. The minimum absolute atomic E-state index is 0.249. The van der Waals surface area contributed by atoms with Crippen molar-refractivity contribution in [2.45, 2.75) is 26.3 Å². The largest absolute Gasteiger partial charge is 0.496 e. The van der Waals surface area contributed by atoms with Crippen LogP contribution in [0.2, 0.25) is 5.02 Å². The zero-order valence-corrected chi connectivity index (χ0v) is 15.2. The van der Waals surface area contributed by atoms with Crippen molar-refractivity contribution < 1.29 is 19.4 Å². The molecule has 1 aromatic carbocycles. The molecular formula is C14H17ClINO4. The molecule has 0 radical (unpaired) electrons. The van der Waals surface area contributed by atoms with Gasteiger partial charge in [-0.25, -0.2) is 0 Å². The molecule has 1 rings (SSSR count). The lowest BCUT2D eigenvalue weighted by atomic mass is 10.0. The van der Waals surface area contributed by atoms with Crippen molar-refractivity contribution in [2.75, 3.05) is 13.7 Å². The zero-order chi connectivity index (χ0) is 16.4. The van der Waals surface area contributed by atoms with Crippen LogP contribution >= 0.6 is 34.2 Å². The van der Waals surface area contributed by atoms with Crippen molar-refractivity contribution in [2.24, 2.45) is 0 Å². The van der Waals surface area contributed by atoms with Crippen LogP contribution in [0.25, 0.3) is 0 Å². The van der Waals surface area contributed by atoms with E-state index in [1.54, 1.807) is 26.8 Å². The molecule has 0 aromatic heterocycles. The van der Waals surface area contributed by atoms with Crippen molar-refractivity contribution in [3.63, 3.8) is 0 Å². The molecule has 0 saturated carbocycles. The first kappa shape index (κ1) is 18.0. The number of hydrogen-bond donors (Lipinski definition) is 1. The topological polar surface area (TPSA) is 66.8 Å². The summed E-state index contributed by atoms with van der Waals surface area (Å²) >= 11 is 8.10. The predicted octanol–water partition coefficient (Wildman–Crippen LogP) is 3.28. The standard InChI is InChI=1S/C14H17ClINO4/c1-14(2,3)17(7-12(18)19)13(20)8-5-9(15)10(16)6-11(8)21-4/h5-6H,7H2,1-4H3,(H,18,19). The van der Waals surface area contributed by atoms with Gasteiger partial charge in [-0.15, -0.1) is 0 Å². The van der Waals surface area contributed by atoms with Crippen LogP contribution in [0.15, 0.2) is 12.1 Å². The van der Waals surface area contributed by atoms with Gasteiger partial charge in [0.2, 0.25) is 0 Å². The highest BCUT2D eigenvalue weighted by Crippen LogP contribution is 2.30. The minimum atomic E-state index is -1.08. The molecule has 0 saturated heterocycles. The maximum absolute atomic E-state index is 12.7. The molecule has 1 amide bonds. The van der Waals surface area contributed by atoms with E-state index in [1.165, 1.54) is 18.1 Å². The lowest BCUT2D eigenvalue weighted by molar-refractivity contribution is -0.138. The van der Waals surface area contributed by atoms with Crippen LogP contribution in [-0.4, -0.2) is 41.1 Å². The third-order valence-electron chi connectivity index (χ3n) is 2.82. The average Bonchev–Trinajstić information content (AvgIpc) is 2.36. The van der Waals surface area contributed by atoms with Crippen molar-refractivity contribution in [3.05, 3.63) is 26.3 Å². The Balaban J connectivity index is 3.33. The molecule has 0 atom stereocenters. The number of carboxylic acid groups (broad SMARTS) is 1. The van der Waals surface area contributed by atoms with E-state index >= 15 is 0 Å². The van der Waals surface area contributed by atoms with Gasteiger partial charge in [0.15, 0.2) is 0 Å². The summed E-state index contributed by atoms with van der Waals surface area (Å²) in [6, 6.07) is 3.16. The van der Waals surface area contributed by atoms with Gasteiger partial charge in [-0.3, -0.25) is 9.59 Å². The molecule has 0 aliphatic heterocycles. The third-order valence-corrected chi connectivity index (χ3v) is 4.35. The number of benzene rings is 1. The van der Waals surface area contributed by atoms with E-state index in [9.17, 15) is 9.59 Å². The first-order chi connectivity index (χ1) is 9.57. The summed E-state index contributed by atoms with van der Waals surface area (Å²) in [7, 11) is 1.45. The maximum Gasteiger partial charge on any atom is 0.323 e. The number of carbonyl (C=O) groups excluding carboxylic acids is 1. The summed E-state index contributed by atoms with van der Waals surface area (Å²) in [5.74, 6) is -1.14. The van der Waals surface area contributed by atoms with E-state index in [0.717, 1.165) is 3.57 Å². The van der Waals surface area contributed by atoms with Gasteiger partial charge in [-0.1, -0.05) is 11.6 Å². The van der Waals surface area contributed by atoms with Gasteiger partial charge in [-0.05, 0) is 55.5 Å². The summed E-state index contributed by atoms with van der Waals surface area (Å²) in [6.07, 6.45) is 0. The molecule has 0 heterocycles. The molecule has 7 heteroatoms. The van der Waals surface area contributed by atoms with Crippen LogP contribution in [-0.2, 0) is 4.79 Å². The molecule has 0 unspecified atom stereocenters. The van der Waals surface area contributed by atoms with Crippen molar-refractivity contribution >= 4 is 46.1 Å². The molecule has 1 aromatic rings. The van der Waals surface area contributed by atoms with Crippen LogP contribution in [0, 0.1) is 3.57 Å². The Bertz CT molecular complexity index is 569. The molecule has 0 bridgehead atoms. The first-order valence-corrected chi connectivity index (χ1v) is 7.60. The van der Waals surface area contributed by atoms with E-state index in [2.05, 4.69) is 0 Å². The summed E-state index contributed by atoms with van der Waals surface area (Å²) in [6.45, 7) is 4.92. The summed E-state index contributed by atoms with van der Waals surface area (Å²) in [5, 5.41) is 9.44. The third kappa shape index (κ3) is 4.47. The fourth-order valence-corrected chi connectivity index (χ4v) is 2.36. The number of aliphatic carboxylic acids is 1. The Morgan fingerprint density at radius 2 is 1.95 bits per heavy atom. The molecular weight excluding hydrogens is 409 g/mol. The summed E-state index contributed by atoms with van der Waals surface area (Å²) in [5.41, 5.74) is -0.394. The predicted molar refractivity (Wildman–Crippen MR) is 89.1 cm³/mol. The van der Waals surface area contributed by atoms with Crippen LogP contribution in [0.4, 0.5) is 0 Å².